The van der Waals surface area contributed by atoms with Gasteiger partial charge in [-0.15, -0.1) is 0 Å². The van der Waals surface area contributed by atoms with Crippen molar-refractivity contribution in [1.82, 2.24) is 0 Å². The van der Waals surface area contributed by atoms with Crippen LogP contribution in [0.5, 0.6) is 0 Å². The summed E-state index contributed by atoms with van der Waals surface area (Å²) >= 11 is 0. The fourth-order valence-electron chi connectivity index (χ4n) is 9.56. The molecule has 2 nitrogen and oxygen atoms in total. The first-order valence-electron chi connectivity index (χ1n) is 21.3. The number of anilines is 6. The van der Waals surface area contributed by atoms with Crippen LogP contribution in [-0.4, -0.2) is 0 Å². The molecule has 0 aliphatic rings. The zero-order valence-electron chi connectivity index (χ0n) is 34.0. The molecule has 0 bridgehead atoms. The van der Waals surface area contributed by atoms with Crippen LogP contribution in [0.3, 0.4) is 0 Å². The molecule has 2 heteroatoms. The summed E-state index contributed by atoms with van der Waals surface area (Å²) in [7, 11) is 0. The maximum Gasteiger partial charge on any atom is 0.0468 e. The van der Waals surface area contributed by atoms with Gasteiger partial charge in [0.25, 0.3) is 0 Å². The minimum absolute atomic E-state index is 1.11. The topological polar surface area (TPSA) is 6.48 Å². The lowest BCUT2D eigenvalue weighted by molar-refractivity contribution is 1.28. The van der Waals surface area contributed by atoms with E-state index in [1.165, 1.54) is 76.1 Å². The highest BCUT2D eigenvalue weighted by atomic mass is 15.1. The summed E-state index contributed by atoms with van der Waals surface area (Å²) in [5, 5.41) is 12.6. The number of hydrogen-bond donors (Lipinski definition) is 0. The lowest BCUT2D eigenvalue weighted by Crippen LogP contribution is -2.09. The quantitative estimate of drug-likeness (QED) is 0.142. The molecule has 0 fully saturated rings. The molecule has 0 radical (unpaired) electrons. The highest BCUT2D eigenvalue weighted by Crippen LogP contribution is 2.44. The van der Waals surface area contributed by atoms with Gasteiger partial charge in [0.2, 0.25) is 0 Å². The van der Waals surface area contributed by atoms with Crippen LogP contribution in [-0.2, 0) is 0 Å². The second-order valence-corrected chi connectivity index (χ2v) is 16.1. The number of hydrogen-bond acceptors (Lipinski definition) is 2. The maximum atomic E-state index is 2.38. The van der Waals surface area contributed by atoms with E-state index in [9.17, 15) is 0 Å². The van der Waals surface area contributed by atoms with Gasteiger partial charge in [-0.05, 0) is 149 Å². The fraction of sp³-hybridized carbons (Fsp3) is 0. The number of nitrogens with zero attached hydrogens (tertiary/aromatic N) is 2. The lowest BCUT2D eigenvalue weighted by atomic mass is 9.87. The van der Waals surface area contributed by atoms with Gasteiger partial charge in [0.15, 0.2) is 0 Å². The summed E-state index contributed by atoms with van der Waals surface area (Å²) in [5.74, 6) is 0. The zero-order chi connectivity index (χ0) is 41.0. The smallest absolute Gasteiger partial charge is 0.0468 e. The van der Waals surface area contributed by atoms with Gasteiger partial charge < -0.3 is 9.80 Å². The van der Waals surface area contributed by atoms with E-state index in [-0.39, 0.29) is 0 Å². The zero-order valence-corrected chi connectivity index (χ0v) is 34.0. The minimum Gasteiger partial charge on any atom is -0.311 e. The van der Waals surface area contributed by atoms with E-state index in [2.05, 4.69) is 252 Å². The molecule has 12 aromatic rings. The Morgan fingerprint density at radius 2 is 0.532 bits per heavy atom. The van der Waals surface area contributed by atoms with Crippen LogP contribution in [0, 0.1) is 0 Å². The van der Waals surface area contributed by atoms with Crippen LogP contribution >= 0.6 is 0 Å². The second kappa shape index (κ2) is 14.8. The molecule has 0 heterocycles. The third-order valence-corrected chi connectivity index (χ3v) is 12.5. The molecular weight excluding hydrogens is 749 g/mol. The second-order valence-electron chi connectivity index (χ2n) is 16.1. The van der Waals surface area contributed by atoms with Gasteiger partial charge in [-0.2, -0.15) is 0 Å². The summed E-state index contributed by atoms with van der Waals surface area (Å²) in [4.78, 5) is 4.69. The van der Waals surface area contributed by atoms with E-state index in [4.69, 9.17) is 0 Å². The number of para-hydroxylation sites is 2. The van der Waals surface area contributed by atoms with Gasteiger partial charge in [-0.3, -0.25) is 0 Å². The highest BCUT2D eigenvalue weighted by Gasteiger charge is 2.18. The molecule has 0 aromatic heterocycles. The van der Waals surface area contributed by atoms with Gasteiger partial charge in [0.05, 0.1) is 0 Å². The van der Waals surface area contributed by atoms with Crippen molar-refractivity contribution in [3.05, 3.63) is 243 Å². The lowest BCUT2D eigenvalue weighted by Gasteiger charge is -2.26. The third kappa shape index (κ3) is 6.12. The molecule has 0 unspecified atom stereocenters. The van der Waals surface area contributed by atoms with Crippen LogP contribution in [0.25, 0.3) is 76.1 Å². The molecule has 62 heavy (non-hydrogen) atoms. The van der Waals surface area contributed by atoms with Crippen molar-refractivity contribution in [3.63, 3.8) is 0 Å². The van der Waals surface area contributed by atoms with Crippen molar-refractivity contribution in [2.45, 2.75) is 0 Å². The average Bonchev–Trinajstić information content (AvgIpc) is 3.34. The number of benzene rings is 12. The van der Waals surface area contributed by atoms with E-state index in [0.717, 1.165) is 34.1 Å². The predicted molar refractivity (Wildman–Crippen MR) is 265 cm³/mol. The molecule has 0 atom stereocenters. The molecule has 12 rings (SSSR count). The molecule has 0 aliphatic heterocycles. The Morgan fingerprint density at radius 3 is 0.968 bits per heavy atom. The molecule has 0 spiro atoms. The Bertz CT molecular complexity index is 3440. The standard InChI is InChI=1S/C60H40N2/c1-3-15-49(16-4-1)61(50-17-5-2-6-18-50)51-29-21-43(22-30-51)55-35-25-45-28-38-58-56(36-26-46-27-37-57(55)59(45)60(46)58)44-23-31-52(32-24-44)62(53-33-19-41-11-7-9-13-47(41)39-53)54-34-20-42-12-8-10-14-48(42)40-54/h1-40H. The van der Waals surface area contributed by atoms with E-state index >= 15 is 0 Å². The summed E-state index contributed by atoms with van der Waals surface area (Å²) in [6.45, 7) is 0. The van der Waals surface area contributed by atoms with Gasteiger partial charge in [0.1, 0.15) is 0 Å². The van der Waals surface area contributed by atoms with E-state index < -0.39 is 0 Å². The van der Waals surface area contributed by atoms with Crippen LogP contribution in [0.2, 0.25) is 0 Å². The SMILES string of the molecule is c1ccc(N(c2ccccc2)c2ccc(-c3ccc4ccc5c(-c6ccc(N(c7ccc8ccccc8c7)c7ccc8ccccc8c7)cc6)ccc6ccc3c4c65)cc2)cc1. The minimum atomic E-state index is 1.11. The Hall–Kier alpha value is -8.20. The Morgan fingerprint density at radius 1 is 0.210 bits per heavy atom. The molecule has 0 amide bonds. The summed E-state index contributed by atoms with van der Waals surface area (Å²) in [6.07, 6.45) is 0. The molecule has 12 aromatic carbocycles. The predicted octanol–water partition coefficient (Wildman–Crippen LogP) is 17.2. The van der Waals surface area contributed by atoms with Crippen molar-refractivity contribution in [2.24, 2.45) is 0 Å². The first-order valence-corrected chi connectivity index (χ1v) is 21.3. The summed E-state index contributed by atoms with van der Waals surface area (Å²) in [6, 6.07) is 88.4. The summed E-state index contributed by atoms with van der Waals surface area (Å²) in [5.41, 5.74) is 11.6. The maximum absolute atomic E-state index is 2.38. The van der Waals surface area contributed by atoms with Crippen LogP contribution in [0.15, 0.2) is 243 Å². The normalized spacial score (nSPS) is 11.5. The largest absolute Gasteiger partial charge is 0.311 e. The molecule has 0 N–H and O–H groups in total. The van der Waals surface area contributed by atoms with E-state index in [1.54, 1.807) is 0 Å². The molecule has 0 saturated carbocycles. The molecule has 0 saturated heterocycles. The van der Waals surface area contributed by atoms with Crippen molar-refractivity contribution in [3.8, 4) is 22.3 Å². The Balaban J connectivity index is 0.937. The van der Waals surface area contributed by atoms with Gasteiger partial charge >= 0.3 is 0 Å². The highest BCUT2D eigenvalue weighted by molar-refractivity contribution is 6.27. The van der Waals surface area contributed by atoms with Crippen molar-refractivity contribution >= 4 is 88.0 Å². The van der Waals surface area contributed by atoms with Crippen LogP contribution in [0.4, 0.5) is 34.1 Å². The van der Waals surface area contributed by atoms with E-state index in [0.29, 0.717) is 0 Å². The first-order chi connectivity index (χ1) is 30.7. The van der Waals surface area contributed by atoms with Crippen molar-refractivity contribution in [1.29, 1.82) is 0 Å². The monoisotopic (exact) mass is 788 g/mol. The molecule has 290 valence electrons. The average molecular weight is 789 g/mol. The molecule has 0 aliphatic carbocycles. The van der Waals surface area contributed by atoms with Crippen LogP contribution in [0.1, 0.15) is 0 Å². The number of fused-ring (bicyclic) bond motifs is 2. The van der Waals surface area contributed by atoms with Crippen molar-refractivity contribution in [2.75, 3.05) is 9.80 Å². The Kier molecular flexibility index (Phi) is 8.53. The summed E-state index contributed by atoms with van der Waals surface area (Å²) < 4.78 is 0. The third-order valence-electron chi connectivity index (χ3n) is 12.5. The van der Waals surface area contributed by atoms with Gasteiger partial charge in [0, 0.05) is 34.1 Å². The molecular formula is C60H40N2. The van der Waals surface area contributed by atoms with Gasteiger partial charge in [-0.1, -0.05) is 170 Å². The van der Waals surface area contributed by atoms with E-state index in [1.807, 2.05) is 0 Å². The van der Waals surface area contributed by atoms with Crippen molar-refractivity contribution < 1.29 is 0 Å². The fourth-order valence-corrected chi connectivity index (χ4v) is 9.56. The van der Waals surface area contributed by atoms with Gasteiger partial charge in [-0.25, -0.2) is 0 Å². The first kappa shape index (κ1) is 35.7. The number of rotatable bonds is 8. The Labute approximate surface area is 361 Å². The van der Waals surface area contributed by atoms with Crippen LogP contribution < -0.4 is 9.80 Å².